The molecule has 0 saturated carbocycles. The summed E-state index contributed by atoms with van der Waals surface area (Å²) in [6.45, 7) is 0. The van der Waals surface area contributed by atoms with E-state index in [9.17, 15) is 59.4 Å². The van der Waals surface area contributed by atoms with Crippen molar-refractivity contribution in [3.8, 4) is 0 Å². The molecule has 0 bridgehead atoms. The Hall–Kier alpha value is -2.72. The molecule has 0 amide bonds. The number of carboxylic acid groups (broad SMARTS) is 6. The third-order valence-corrected chi connectivity index (χ3v) is 2.51. The SMILES string of the molecule is O=C([O-])CC(O)(CC(=O)[O-])C(=O)[O-].O=C([O-])CC(O)(CC(=O)[O-])C(=O)[O-].[NH4+].[V+5]. The van der Waals surface area contributed by atoms with Gasteiger partial charge in [-0.1, -0.05) is 0 Å². The van der Waals surface area contributed by atoms with Gasteiger partial charge in [-0.25, -0.2) is 0 Å². The molecule has 0 heterocycles. The van der Waals surface area contributed by atoms with Gasteiger partial charge >= 0.3 is 18.6 Å². The van der Waals surface area contributed by atoms with Crippen molar-refractivity contribution in [1.29, 1.82) is 0 Å². The Kier molecular flexibility index (Phi) is 15.8. The number of carbonyl (C=O) groups is 6. The zero-order valence-corrected chi connectivity index (χ0v) is 15.5. The van der Waals surface area contributed by atoms with Gasteiger partial charge in [0.05, 0.1) is 11.9 Å². The Morgan fingerprint density at radius 3 is 0.750 bits per heavy atom. The van der Waals surface area contributed by atoms with Crippen LogP contribution in [0.4, 0.5) is 0 Å². The minimum Gasteiger partial charge on any atom is -0.550 e. The van der Waals surface area contributed by atoms with Gasteiger partial charge in [0.2, 0.25) is 0 Å². The zero-order valence-electron chi connectivity index (χ0n) is 14.1. The number of quaternary nitrogens is 1. The molecule has 0 aromatic heterocycles. The monoisotopic (exact) mass is 447 g/mol. The number of carboxylic acids is 6. The summed E-state index contributed by atoms with van der Waals surface area (Å²) in [6.07, 6.45) is -5.43. The summed E-state index contributed by atoms with van der Waals surface area (Å²) in [7, 11) is 0. The maximum Gasteiger partial charge on any atom is 5.00 e. The molecule has 0 saturated heterocycles. The molecule has 0 aliphatic carbocycles. The van der Waals surface area contributed by atoms with Gasteiger partial charge in [-0.05, 0) is 0 Å². The molecule has 0 unspecified atom stereocenters. The molecule has 0 atom stereocenters. The fraction of sp³-hybridized carbons (Fsp3) is 0.500. The maximum absolute atomic E-state index is 10.1. The summed E-state index contributed by atoms with van der Waals surface area (Å²) in [6, 6.07) is 0. The summed E-state index contributed by atoms with van der Waals surface area (Å²) in [5.74, 6) is -12.0. The van der Waals surface area contributed by atoms with Crippen molar-refractivity contribution in [2.24, 2.45) is 0 Å². The van der Waals surface area contributed by atoms with E-state index in [2.05, 4.69) is 0 Å². The number of rotatable bonds is 10. The van der Waals surface area contributed by atoms with Crippen molar-refractivity contribution in [1.82, 2.24) is 6.15 Å². The van der Waals surface area contributed by atoms with E-state index in [1.807, 2.05) is 0 Å². The summed E-state index contributed by atoms with van der Waals surface area (Å²) in [5, 5.41) is 77.9. The van der Waals surface area contributed by atoms with Crippen molar-refractivity contribution < 1.29 is 88.2 Å². The molecule has 16 heteroatoms. The van der Waals surface area contributed by atoms with Crippen LogP contribution in [0.3, 0.4) is 0 Å². The topological polar surface area (TPSA) is 318 Å². The van der Waals surface area contributed by atoms with E-state index in [1.165, 1.54) is 0 Å². The van der Waals surface area contributed by atoms with Gasteiger partial charge < -0.3 is 75.8 Å². The average molecular weight is 447 g/mol. The van der Waals surface area contributed by atoms with E-state index in [4.69, 9.17) is 10.2 Å². The molecule has 15 nitrogen and oxygen atoms in total. The summed E-state index contributed by atoms with van der Waals surface area (Å²) < 4.78 is 0. The van der Waals surface area contributed by atoms with Crippen LogP contribution in [-0.2, 0) is 47.3 Å². The van der Waals surface area contributed by atoms with Crippen LogP contribution < -0.4 is 36.8 Å². The minimum atomic E-state index is -2.97. The van der Waals surface area contributed by atoms with Crippen molar-refractivity contribution in [2.75, 3.05) is 0 Å². The molecule has 0 spiro atoms. The zero-order chi connectivity index (χ0) is 21.3. The molecule has 0 aromatic rings. The van der Waals surface area contributed by atoms with E-state index in [0.717, 1.165) is 0 Å². The molecule has 6 N–H and O–H groups in total. The first-order chi connectivity index (χ1) is 11.6. The van der Waals surface area contributed by atoms with E-state index in [0.29, 0.717) is 0 Å². The smallest absolute Gasteiger partial charge is 0.550 e. The molecule has 28 heavy (non-hydrogen) atoms. The van der Waals surface area contributed by atoms with Gasteiger partial charge in [-0.15, -0.1) is 0 Å². The number of aliphatic carboxylic acids is 6. The second-order valence-corrected chi connectivity index (χ2v) is 4.83. The first-order valence-corrected chi connectivity index (χ1v) is 6.23. The molecule has 0 aromatic carbocycles. The normalized spacial score (nSPS) is 10.1. The first kappa shape index (κ1) is 32.9. The Labute approximate surface area is 167 Å². The maximum atomic E-state index is 10.1. The van der Waals surface area contributed by atoms with Gasteiger partial charge in [-0.3, -0.25) is 0 Å². The third-order valence-electron chi connectivity index (χ3n) is 2.51. The predicted molar refractivity (Wildman–Crippen MR) is 64.4 cm³/mol. The van der Waals surface area contributed by atoms with E-state index < -0.39 is 72.7 Å². The van der Waals surface area contributed by atoms with Crippen LogP contribution in [0.2, 0.25) is 0 Å². The molecule has 0 aliphatic rings. The largest absolute Gasteiger partial charge is 5.00 e. The Balaban J connectivity index is -0.000000192. The molecule has 0 rings (SSSR count). The molecule has 156 valence electrons. The fourth-order valence-corrected chi connectivity index (χ4v) is 1.37. The fourth-order valence-electron chi connectivity index (χ4n) is 1.37. The van der Waals surface area contributed by atoms with E-state index >= 15 is 0 Å². The number of hydrogen-bond acceptors (Lipinski definition) is 14. The van der Waals surface area contributed by atoms with Crippen molar-refractivity contribution in [3.05, 3.63) is 0 Å². The minimum absolute atomic E-state index is 0. The molecule has 0 aliphatic heterocycles. The second kappa shape index (κ2) is 13.5. The van der Waals surface area contributed by atoms with Crippen LogP contribution in [0.1, 0.15) is 25.7 Å². The summed E-state index contributed by atoms with van der Waals surface area (Å²) in [5.41, 5.74) is -5.95. The first-order valence-electron chi connectivity index (χ1n) is 6.23. The van der Waals surface area contributed by atoms with Crippen LogP contribution in [0, 0.1) is 0 Å². The molecule has 0 radical (unpaired) electrons. The van der Waals surface area contributed by atoms with Crippen LogP contribution in [0.15, 0.2) is 0 Å². The van der Waals surface area contributed by atoms with Crippen molar-refractivity contribution in [2.45, 2.75) is 36.9 Å². The second-order valence-electron chi connectivity index (χ2n) is 4.83. The van der Waals surface area contributed by atoms with Crippen LogP contribution in [-0.4, -0.2) is 57.2 Å². The van der Waals surface area contributed by atoms with Gasteiger partial charge in [0.15, 0.2) is 0 Å². The summed E-state index contributed by atoms with van der Waals surface area (Å²) >= 11 is 0. The van der Waals surface area contributed by atoms with Crippen molar-refractivity contribution in [3.63, 3.8) is 0 Å². The molecular formula is C12H14NO14V. The van der Waals surface area contributed by atoms with Crippen LogP contribution >= 0.6 is 0 Å². The molecule has 0 fully saturated rings. The van der Waals surface area contributed by atoms with Crippen molar-refractivity contribution >= 4 is 35.8 Å². The van der Waals surface area contributed by atoms with Gasteiger partial charge in [0, 0.05) is 49.6 Å². The Morgan fingerprint density at radius 2 is 0.679 bits per heavy atom. The van der Waals surface area contributed by atoms with Gasteiger partial charge in [0.25, 0.3) is 0 Å². The Morgan fingerprint density at radius 1 is 0.536 bits per heavy atom. The van der Waals surface area contributed by atoms with Crippen LogP contribution in [0.25, 0.3) is 0 Å². The van der Waals surface area contributed by atoms with Crippen LogP contribution in [0.5, 0.6) is 0 Å². The van der Waals surface area contributed by atoms with Gasteiger partial charge in [-0.2, -0.15) is 0 Å². The van der Waals surface area contributed by atoms with Gasteiger partial charge in [0.1, 0.15) is 11.2 Å². The number of aliphatic hydroxyl groups is 2. The quantitative estimate of drug-likeness (QED) is 0.280. The number of carbonyl (C=O) groups excluding carboxylic acids is 6. The molecular weight excluding hydrogens is 433 g/mol. The predicted octanol–water partition coefficient (Wildman–Crippen LogP) is -10.1. The van der Waals surface area contributed by atoms with E-state index in [1.54, 1.807) is 0 Å². The van der Waals surface area contributed by atoms with E-state index in [-0.39, 0.29) is 24.7 Å². The average Bonchev–Trinajstić information content (AvgIpc) is 2.34. The number of hydrogen-bond donors (Lipinski definition) is 3. The Bertz CT molecular complexity index is 519. The standard InChI is InChI=1S/2C6H8O7.H3N.V/c2*7-3(8)1-6(13,5(11)12)2-4(9)10;;/h2*13H,1-2H2,(H,7,8)(H,9,10)(H,11,12);1H3;/q;;;+5/p-5. The summed E-state index contributed by atoms with van der Waals surface area (Å²) in [4.78, 5) is 60.0. The third kappa shape index (κ3) is 13.5.